The summed E-state index contributed by atoms with van der Waals surface area (Å²) in [6.45, 7) is 7.70. The number of methoxy groups -OCH3 is 1. The maximum Gasteiger partial charge on any atom is 0.344 e. The Morgan fingerprint density at radius 1 is 1.00 bits per heavy atom. The molecule has 0 heterocycles. The fraction of sp³-hybridized carbons (Fsp3) is 0.364. The molecule has 0 saturated carbocycles. The summed E-state index contributed by atoms with van der Waals surface area (Å²) in [6, 6.07) is 12.7. The SMILES string of the molecule is COc1ccc(C(C)=O)cc1COC(=O)COc1ccc(C(C)(C)C)cc1. The molecule has 0 fully saturated rings. The quantitative estimate of drug-likeness (QED) is 0.537. The van der Waals surface area contributed by atoms with E-state index in [0.717, 1.165) is 0 Å². The standard InChI is InChI=1S/C22H26O5/c1-15(23)16-6-11-20(25-5)17(12-16)13-27-21(24)14-26-19-9-7-18(8-10-19)22(2,3)4/h6-12H,13-14H2,1-5H3. The highest BCUT2D eigenvalue weighted by Gasteiger charge is 2.14. The largest absolute Gasteiger partial charge is 0.496 e. The third-order valence-electron chi connectivity index (χ3n) is 4.15. The number of Topliss-reactive ketones (excluding diaryl/α,β-unsaturated/α-hetero) is 1. The minimum Gasteiger partial charge on any atom is -0.496 e. The Hall–Kier alpha value is -2.82. The highest BCUT2D eigenvalue weighted by atomic mass is 16.6. The van der Waals surface area contributed by atoms with Crippen molar-refractivity contribution in [2.75, 3.05) is 13.7 Å². The van der Waals surface area contributed by atoms with Crippen LogP contribution in [0.4, 0.5) is 0 Å². The van der Waals surface area contributed by atoms with Gasteiger partial charge in [-0.1, -0.05) is 32.9 Å². The van der Waals surface area contributed by atoms with E-state index in [0.29, 0.717) is 22.6 Å². The van der Waals surface area contributed by atoms with Crippen LogP contribution in [0.25, 0.3) is 0 Å². The fourth-order valence-electron chi connectivity index (χ4n) is 2.50. The molecule has 0 saturated heterocycles. The summed E-state index contributed by atoms with van der Waals surface area (Å²) in [5.41, 5.74) is 2.42. The number of ether oxygens (including phenoxy) is 3. The second kappa shape index (κ2) is 8.71. The van der Waals surface area contributed by atoms with Crippen LogP contribution in [0.15, 0.2) is 42.5 Å². The molecule has 2 aromatic carbocycles. The lowest BCUT2D eigenvalue weighted by atomic mass is 9.87. The molecule has 5 nitrogen and oxygen atoms in total. The average Bonchev–Trinajstić information content (AvgIpc) is 2.64. The van der Waals surface area contributed by atoms with Crippen molar-refractivity contribution in [1.29, 1.82) is 0 Å². The number of carbonyl (C=O) groups is 2. The molecule has 0 spiro atoms. The van der Waals surface area contributed by atoms with E-state index in [-0.39, 0.29) is 24.4 Å². The van der Waals surface area contributed by atoms with E-state index in [2.05, 4.69) is 20.8 Å². The minimum absolute atomic E-state index is 0.00937. The Morgan fingerprint density at radius 3 is 2.22 bits per heavy atom. The van der Waals surface area contributed by atoms with E-state index in [1.807, 2.05) is 24.3 Å². The van der Waals surface area contributed by atoms with Crippen molar-refractivity contribution in [3.63, 3.8) is 0 Å². The number of rotatable bonds is 7. The Labute approximate surface area is 160 Å². The molecular weight excluding hydrogens is 344 g/mol. The highest BCUT2D eigenvalue weighted by Crippen LogP contribution is 2.24. The van der Waals surface area contributed by atoms with Crippen molar-refractivity contribution in [1.82, 2.24) is 0 Å². The van der Waals surface area contributed by atoms with Gasteiger partial charge in [0.15, 0.2) is 12.4 Å². The molecule has 0 aliphatic heterocycles. The van der Waals surface area contributed by atoms with Gasteiger partial charge in [0.2, 0.25) is 0 Å². The first-order valence-corrected chi connectivity index (χ1v) is 8.77. The van der Waals surface area contributed by atoms with Crippen LogP contribution in [-0.2, 0) is 21.6 Å². The van der Waals surface area contributed by atoms with Crippen LogP contribution >= 0.6 is 0 Å². The van der Waals surface area contributed by atoms with Crippen LogP contribution in [0.1, 0.15) is 49.2 Å². The summed E-state index contributed by atoms with van der Waals surface area (Å²) in [5, 5.41) is 0. The van der Waals surface area contributed by atoms with E-state index in [9.17, 15) is 9.59 Å². The van der Waals surface area contributed by atoms with Crippen LogP contribution in [0, 0.1) is 0 Å². The zero-order valence-corrected chi connectivity index (χ0v) is 16.5. The Bertz CT molecular complexity index is 800. The molecule has 0 radical (unpaired) electrons. The molecule has 144 valence electrons. The Morgan fingerprint density at radius 2 is 1.67 bits per heavy atom. The van der Waals surface area contributed by atoms with Gasteiger partial charge in [-0.15, -0.1) is 0 Å². The summed E-state index contributed by atoms with van der Waals surface area (Å²) in [7, 11) is 1.53. The molecule has 2 aromatic rings. The maximum atomic E-state index is 12.0. The van der Waals surface area contributed by atoms with E-state index in [4.69, 9.17) is 14.2 Å². The molecule has 0 bridgehead atoms. The van der Waals surface area contributed by atoms with Crippen LogP contribution in [0.2, 0.25) is 0 Å². The normalized spacial score (nSPS) is 11.0. The van der Waals surface area contributed by atoms with Gasteiger partial charge < -0.3 is 14.2 Å². The van der Waals surface area contributed by atoms with Crippen molar-refractivity contribution in [2.45, 2.75) is 39.7 Å². The number of hydrogen-bond acceptors (Lipinski definition) is 5. The first kappa shape index (κ1) is 20.5. The molecule has 0 aliphatic rings. The lowest BCUT2D eigenvalue weighted by molar-refractivity contribution is -0.147. The predicted octanol–water partition coefficient (Wildman–Crippen LogP) is 4.32. The van der Waals surface area contributed by atoms with Gasteiger partial charge in [-0.3, -0.25) is 4.79 Å². The fourth-order valence-corrected chi connectivity index (χ4v) is 2.50. The van der Waals surface area contributed by atoms with Crippen molar-refractivity contribution in [2.24, 2.45) is 0 Å². The summed E-state index contributed by atoms with van der Waals surface area (Å²) >= 11 is 0. The Kier molecular flexibility index (Phi) is 6.61. The maximum absolute atomic E-state index is 12.0. The molecule has 5 heteroatoms. The van der Waals surface area contributed by atoms with Crippen molar-refractivity contribution in [3.05, 3.63) is 59.2 Å². The van der Waals surface area contributed by atoms with Gasteiger partial charge in [-0.2, -0.15) is 0 Å². The van der Waals surface area contributed by atoms with Crippen LogP contribution < -0.4 is 9.47 Å². The van der Waals surface area contributed by atoms with Gasteiger partial charge in [-0.05, 0) is 48.2 Å². The van der Waals surface area contributed by atoms with Gasteiger partial charge in [0, 0.05) is 11.1 Å². The number of benzene rings is 2. The zero-order valence-electron chi connectivity index (χ0n) is 16.5. The molecule has 0 atom stereocenters. The summed E-state index contributed by atoms with van der Waals surface area (Å²) in [6.07, 6.45) is 0. The monoisotopic (exact) mass is 370 g/mol. The summed E-state index contributed by atoms with van der Waals surface area (Å²) in [5.74, 6) is 0.611. The van der Waals surface area contributed by atoms with Crippen LogP contribution in [-0.4, -0.2) is 25.5 Å². The number of hydrogen-bond donors (Lipinski definition) is 0. The van der Waals surface area contributed by atoms with Gasteiger partial charge >= 0.3 is 5.97 Å². The molecule has 0 amide bonds. The molecule has 0 aromatic heterocycles. The summed E-state index contributed by atoms with van der Waals surface area (Å²) in [4.78, 5) is 23.5. The van der Waals surface area contributed by atoms with E-state index >= 15 is 0 Å². The van der Waals surface area contributed by atoms with Crippen LogP contribution in [0.5, 0.6) is 11.5 Å². The van der Waals surface area contributed by atoms with E-state index in [1.165, 1.54) is 19.6 Å². The molecular formula is C22H26O5. The number of esters is 1. The lowest BCUT2D eigenvalue weighted by Crippen LogP contribution is -2.15. The van der Waals surface area contributed by atoms with Crippen molar-refractivity contribution < 1.29 is 23.8 Å². The van der Waals surface area contributed by atoms with Gasteiger partial charge in [0.1, 0.15) is 18.1 Å². The molecule has 0 N–H and O–H groups in total. The molecule has 2 rings (SSSR count). The third-order valence-corrected chi connectivity index (χ3v) is 4.15. The lowest BCUT2D eigenvalue weighted by Gasteiger charge is -2.19. The van der Waals surface area contributed by atoms with E-state index < -0.39 is 5.97 Å². The first-order valence-electron chi connectivity index (χ1n) is 8.77. The van der Waals surface area contributed by atoms with Crippen molar-refractivity contribution in [3.8, 4) is 11.5 Å². The zero-order chi connectivity index (χ0) is 20.0. The van der Waals surface area contributed by atoms with E-state index in [1.54, 1.807) is 18.2 Å². The topological polar surface area (TPSA) is 61.8 Å². The Balaban J connectivity index is 1.91. The first-order chi connectivity index (χ1) is 12.7. The summed E-state index contributed by atoms with van der Waals surface area (Å²) < 4.78 is 16.0. The van der Waals surface area contributed by atoms with Crippen molar-refractivity contribution >= 4 is 11.8 Å². The third kappa shape index (κ3) is 5.84. The van der Waals surface area contributed by atoms with Gasteiger partial charge in [-0.25, -0.2) is 4.79 Å². The number of carbonyl (C=O) groups excluding carboxylic acids is 2. The smallest absolute Gasteiger partial charge is 0.344 e. The van der Waals surface area contributed by atoms with Gasteiger partial charge in [0.05, 0.1) is 7.11 Å². The second-order valence-electron chi connectivity index (χ2n) is 7.31. The molecule has 27 heavy (non-hydrogen) atoms. The molecule has 0 aliphatic carbocycles. The minimum atomic E-state index is -0.495. The highest BCUT2D eigenvalue weighted by molar-refractivity contribution is 5.94. The van der Waals surface area contributed by atoms with Crippen LogP contribution in [0.3, 0.4) is 0 Å². The molecule has 0 unspecified atom stereocenters. The predicted molar refractivity (Wildman–Crippen MR) is 103 cm³/mol. The van der Waals surface area contributed by atoms with Gasteiger partial charge in [0.25, 0.3) is 0 Å². The second-order valence-corrected chi connectivity index (χ2v) is 7.31. The average molecular weight is 370 g/mol. The number of ketones is 1.